The van der Waals surface area contributed by atoms with Gasteiger partial charge in [-0.1, -0.05) is 12.1 Å². The second kappa shape index (κ2) is 16.0. The van der Waals surface area contributed by atoms with Gasteiger partial charge in [-0.25, -0.2) is 0 Å². The number of phenolic OH excluding ortho intramolecular Hbond substituents is 1. The first-order chi connectivity index (χ1) is 18.6. The maximum atomic E-state index is 13.2. The van der Waals surface area contributed by atoms with Crippen molar-refractivity contribution >= 4 is 35.7 Å². The van der Waals surface area contributed by atoms with Crippen LogP contribution in [0.1, 0.15) is 50.5 Å². The van der Waals surface area contributed by atoms with Crippen LogP contribution < -0.4 is 33.6 Å². The first-order valence-electron chi connectivity index (χ1n) is 13.1. The molecule has 1 aromatic rings. The third-order valence-corrected chi connectivity index (χ3v) is 6.34. The topological polar surface area (TPSA) is 232 Å². The Morgan fingerprint density at radius 1 is 1.03 bits per heavy atom. The van der Waals surface area contributed by atoms with Gasteiger partial charge in [0.05, 0.1) is 0 Å². The summed E-state index contributed by atoms with van der Waals surface area (Å²) in [5, 5.41) is 14.8. The minimum absolute atomic E-state index is 0.0763. The number of guanidine groups is 1. The van der Waals surface area contributed by atoms with Crippen molar-refractivity contribution in [1.82, 2.24) is 15.5 Å². The summed E-state index contributed by atoms with van der Waals surface area (Å²) in [7, 11) is 0. The van der Waals surface area contributed by atoms with E-state index in [1.54, 1.807) is 18.2 Å². The number of hydrogen-bond acceptors (Lipinski definition) is 7. The highest BCUT2D eigenvalue weighted by atomic mass is 16.3. The lowest BCUT2D eigenvalue weighted by Gasteiger charge is -2.26. The fourth-order valence-corrected chi connectivity index (χ4v) is 4.24. The standard InChI is InChI=1S/C26H40N8O5/c27-14-2-1-5-20(24(38)32-19(23(28)37)6-3-15-31-26(29)30)33-25(39)21-7-4-16-34(21)22(36)13-10-17-8-11-18(35)12-9-17/h8-13,19-21,35H,1-7,14-16,27H2,(H2,28,37)(H,32,38)(H,33,39)(H4,29,30,31)/b13-10+/t19-,20-,21-/m0/s1. The van der Waals surface area contributed by atoms with E-state index in [-0.39, 0.29) is 30.6 Å². The van der Waals surface area contributed by atoms with Crippen LogP contribution in [0.15, 0.2) is 35.3 Å². The van der Waals surface area contributed by atoms with Crippen LogP contribution in [0.25, 0.3) is 6.08 Å². The van der Waals surface area contributed by atoms with Crippen LogP contribution >= 0.6 is 0 Å². The average Bonchev–Trinajstić information content (AvgIpc) is 3.39. The average molecular weight is 545 g/mol. The maximum Gasteiger partial charge on any atom is 0.247 e. The van der Waals surface area contributed by atoms with Crippen LogP contribution in [-0.4, -0.2) is 77.4 Å². The highest BCUT2D eigenvalue weighted by molar-refractivity contribution is 5.97. The number of aromatic hydroxyl groups is 1. The van der Waals surface area contributed by atoms with Gasteiger partial charge in [0, 0.05) is 19.2 Å². The number of phenols is 1. The molecule has 0 radical (unpaired) electrons. The van der Waals surface area contributed by atoms with Crippen LogP contribution in [0.2, 0.25) is 0 Å². The summed E-state index contributed by atoms with van der Waals surface area (Å²) in [5.41, 5.74) is 22.4. The van der Waals surface area contributed by atoms with E-state index in [0.717, 1.165) is 5.56 Å². The number of nitrogens with zero attached hydrogens (tertiary/aromatic N) is 2. The largest absolute Gasteiger partial charge is 0.508 e. The number of rotatable bonds is 15. The predicted molar refractivity (Wildman–Crippen MR) is 148 cm³/mol. The lowest BCUT2D eigenvalue weighted by atomic mass is 10.1. The van der Waals surface area contributed by atoms with Crippen LogP contribution in [0.4, 0.5) is 0 Å². The quantitative estimate of drug-likeness (QED) is 0.0627. The lowest BCUT2D eigenvalue weighted by Crippen LogP contribution is -2.55. The van der Waals surface area contributed by atoms with Gasteiger partial charge in [-0.15, -0.1) is 0 Å². The zero-order valence-corrected chi connectivity index (χ0v) is 22.1. The summed E-state index contributed by atoms with van der Waals surface area (Å²) in [6, 6.07) is 3.72. The normalized spacial score (nSPS) is 16.4. The minimum atomic E-state index is -0.963. The predicted octanol–water partition coefficient (Wildman–Crippen LogP) is -0.966. The van der Waals surface area contributed by atoms with Crippen LogP contribution in [-0.2, 0) is 19.2 Å². The van der Waals surface area contributed by atoms with E-state index in [1.165, 1.54) is 23.1 Å². The molecule has 13 heteroatoms. The molecule has 0 saturated carbocycles. The smallest absolute Gasteiger partial charge is 0.247 e. The third kappa shape index (κ3) is 10.6. The second-order valence-electron chi connectivity index (χ2n) is 9.37. The SMILES string of the molecule is NCCCC[C@H](NC(=O)[C@@H]1CCCN1C(=O)/C=C/c1ccc(O)cc1)C(=O)N[C@@H](CCCN=C(N)N)C(N)=O. The zero-order chi connectivity index (χ0) is 28.8. The molecule has 0 bridgehead atoms. The van der Waals surface area contributed by atoms with Gasteiger partial charge in [-0.05, 0) is 75.3 Å². The molecule has 3 atom stereocenters. The molecule has 0 aromatic heterocycles. The van der Waals surface area contributed by atoms with Gasteiger partial charge < -0.3 is 43.6 Å². The number of carbonyl (C=O) groups is 4. The molecule has 0 aliphatic carbocycles. The number of carbonyl (C=O) groups excluding carboxylic acids is 4. The van der Waals surface area contributed by atoms with Gasteiger partial charge in [0.15, 0.2) is 5.96 Å². The first-order valence-corrected chi connectivity index (χ1v) is 13.1. The number of unbranched alkanes of at least 4 members (excludes halogenated alkanes) is 1. The first kappa shape index (κ1) is 31.1. The second-order valence-corrected chi connectivity index (χ2v) is 9.37. The monoisotopic (exact) mass is 544 g/mol. The van der Waals surface area contributed by atoms with Crippen molar-refractivity contribution in [2.45, 2.75) is 63.1 Å². The van der Waals surface area contributed by atoms with Crippen LogP contribution in [0, 0.1) is 0 Å². The summed E-state index contributed by atoms with van der Waals surface area (Å²) in [6.45, 7) is 1.10. The van der Waals surface area contributed by atoms with Crippen molar-refractivity contribution in [3.05, 3.63) is 35.9 Å². The number of hydrogen-bond donors (Lipinski definition) is 7. The van der Waals surface area contributed by atoms with E-state index in [4.69, 9.17) is 22.9 Å². The lowest BCUT2D eigenvalue weighted by molar-refractivity contribution is -0.137. The van der Waals surface area contributed by atoms with Gasteiger partial charge in [0.25, 0.3) is 0 Å². The summed E-state index contributed by atoms with van der Waals surface area (Å²) in [5.74, 6) is -2.00. The van der Waals surface area contributed by atoms with Crippen LogP contribution in [0.5, 0.6) is 5.75 Å². The van der Waals surface area contributed by atoms with Gasteiger partial charge in [0.1, 0.15) is 23.9 Å². The van der Waals surface area contributed by atoms with Crippen LogP contribution in [0.3, 0.4) is 0 Å². The molecule has 2 rings (SSSR count). The molecule has 11 N–H and O–H groups in total. The number of primary amides is 1. The van der Waals surface area contributed by atoms with Crippen molar-refractivity contribution < 1.29 is 24.3 Å². The van der Waals surface area contributed by atoms with Gasteiger partial charge in [-0.3, -0.25) is 24.2 Å². The van der Waals surface area contributed by atoms with Gasteiger partial charge >= 0.3 is 0 Å². The fraction of sp³-hybridized carbons (Fsp3) is 0.500. The molecular formula is C26H40N8O5. The maximum absolute atomic E-state index is 13.2. The van der Waals surface area contributed by atoms with E-state index >= 15 is 0 Å². The Kier molecular flexibility index (Phi) is 12.7. The number of nitrogens with one attached hydrogen (secondary N) is 2. The molecule has 1 fully saturated rings. The van der Waals surface area contributed by atoms with E-state index in [0.29, 0.717) is 51.6 Å². The molecule has 0 spiro atoms. The summed E-state index contributed by atoms with van der Waals surface area (Å²) in [6.07, 6.45) is 6.23. The van der Waals surface area contributed by atoms with E-state index in [1.807, 2.05) is 0 Å². The van der Waals surface area contributed by atoms with Crippen molar-refractivity contribution in [2.24, 2.45) is 27.9 Å². The molecule has 0 unspecified atom stereocenters. The Balaban J connectivity index is 2.05. The number of likely N-dealkylation sites (tertiary alicyclic amines) is 1. The summed E-state index contributed by atoms with van der Waals surface area (Å²) >= 11 is 0. The molecule has 39 heavy (non-hydrogen) atoms. The molecule has 1 heterocycles. The minimum Gasteiger partial charge on any atom is -0.508 e. The summed E-state index contributed by atoms with van der Waals surface area (Å²) < 4.78 is 0. The summed E-state index contributed by atoms with van der Waals surface area (Å²) in [4.78, 5) is 56.4. The number of benzene rings is 1. The molecular weight excluding hydrogens is 504 g/mol. The molecule has 13 nitrogen and oxygen atoms in total. The fourth-order valence-electron chi connectivity index (χ4n) is 4.24. The Morgan fingerprint density at radius 2 is 1.72 bits per heavy atom. The third-order valence-electron chi connectivity index (χ3n) is 6.34. The zero-order valence-electron chi connectivity index (χ0n) is 22.1. The van der Waals surface area contributed by atoms with Crippen molar-refractivity contribution in [1.29, 1.82) is 0 Å². The van der Waals surface area contributed by atoms with Gasteiger partial charge in [-0.2, -0.15) is 0 Å². The van der Waals surface area contributed by atoms with Crippen molar-refractivity contribution in [2.75, 3.05) is 19.6 Å². The number of nitrogens with two attached hydrogens (primary N) is 4. The molecule has 1 aliphatic rings. The Morgan fingerprint density at radius 3 is 2.36 bits per heavy atom. The van der Waals surface area contributed by atoms with Gasteiger partial charge in [0.2, 0.25) is 23.6 Å². The number of amides is 4. The highest BCUT2D eigenvalue weighted by Crippen LogP contribution is 2.19. The molecule has 1 saturated heterocycles. The number of aliphatic imine (C=N–C) groups is 1. The van der Waals surface area contributed by atoms with E-state index in [2.05, 4.69) is 15.6 Å². The Hall–Kier alpha value is -4.13. The molecule has 1 aromatic carbocycles. The highest BCUT2D eigenvalue weighted by Gasteiger charge is 2.35. The molecule has 214 valence electrons. The van der Waals surface area contributed by atoms with E-state index in [9.17, 15) is 24.3 Å². The molecule has 1 aliphatic heterocycles. The van der Waals surface area contributed by atoms with E-state index < -0.39 is 35.8 Å². The Labute approximate surface area is 228 Å². The van der Waals surface area contributed by atoms with Crippen molar-refractivity contribution in [3.63, 3.8) is 0 Å². The molecule has 4 amide bonds. The van der Waals surface area contributed by atoms with Crippen molar-refractivity contribution in [3.8, 4) is 5.75 Å². The Bertz CT molecular complexity index is 1040.